The van der Waals surface area contributed by atoms with Crippen LogP contribution < -0.4 is 0 Å². The molecule has 0 fully saturated rings. The van der Waals surface area contributed by atoms with E-state index in [2.05, 4.69) is 96.2 Å². The van der Waals surface area contributed by atoms with Crippen LogP contribution in [0.4, 0.5) is 0 Å². The standard InChI is InChI=1S/C18H42Si4/c1-15(2,3)21(13,16(4,5)6)19-20-22(14,17(7,8)9)18(10,11)12/h1-14H3. The Bertz CT molecular complexity index is 340. The van der Waals surface area contributed by atoms with Gasteiger partial charge in [-0.15, -0.1) is 0 Å². The first-order valence-electron chi connectivity index (χ1n) is 8.75. The van der Waals surface area contributed by atoms with Crippen LogP contribution in [0.3, 0.4) is 0 Å². The van der Waals surface area contributed by atoms with E-state index in [0.29, 0.717) is 20.2 Å². The third-order valence-corrected chi connectivity index (χ3v) is 45.6. The van der Waals surface area contributed by atoms with Gasteiger partial charge in [-0.2, -0.15) is 0 Å². The molecule has 0 amide bonds. The minimum absolute atomic E-state index is 0.488. The molecule has 0 nitrogen and oxygen atoms in total. The smallest absolute Gasteiger partial charge is 0.0667 e. The highest BCUT2D eigenvalue weighted by molar-refractivity contribution is 7.46. The molecule has 0 aromatic rings. The largest absolute Gasteiger partial charge is 0.0682 e. The molecule has 0 saturated heterocycles. The third-order valence-electron chi connectivity index (χ3n) is 6.56. The Balaban J connectivity index is 6.18. The first kappa shape index (κ1) is 22.9. The second kappa shape index (κ2) is 6.30. The second-order valence-corrected chi connectivity index (χ2v) is 34.5. The predicted octanol–water partition coefficient (Wildman–Crippen LogP) is 6.66. The molecular formula is C18H42Si4. The van der Waals surface area contributed by atoms with Gasteiger partial charge in [0, 0.05) is 0 Å². The average molecular weight is 371 g/mol. The minimum atomic E-state index is -1.35. The van der Waals surface area contributed by atoms with Gasteiger partial charge < -0.3 is 0 Å². The lowest BCUT2D eigenvalue weighted by Crippen LogP contribution is -2.58. The highest BCUT2D eigenvalue weighted by Crippen LogP contribution is 2.51. The van der Waals surface area contributed by atoms with Crippen LogP contribution in [0.1, 0.15) is 83.1 Å². The summed E-state index contributed by atoms with van der Waals surface area (Å²) in [4.78, 5) is 0. The Morgan fingerprint density at radius 2 is 0.545 bits per heavy atom. The van der Waals surface area contributed by atoms with E-state index < -0.39 is 15.2 Å². The van der Waals surface area contributed by atoms with Crippen molar-refractivity contribution in [2.45, 2.75) is 116 Å². The van der Waals surface area contributed by atoms with Crippen LogP contribution in [0.15, 0.2) is 0 Å². The van der Waals surface area contributed by atoms with Crippen LogP contribution >= 0.6 is 0 Å². The lowest BCUT2D eigenvalue weighted by Gasteiger charge is -2.51. The zero-order valence-corrected chi connectivity index (χ0v) is 22.0. The molecule has 0 unspecified atom stereocenters. The lowest BCUT2D eigenvalue weighted by atomic mass is 10.2. The summed E-state index contributed by atoms with van der Waals surface area (Å²) in [6.45, 7) is 35.5. The summed E-state index contributed by atoms with van der Waals surface area (Å²) in [7, 11) is -0.278. The maximum atomic E-state index is 2.69. The Kier molecular flexibility index (Phi) is 6.55. The van der Waals surface area contributed by atoms with Gasteiger partial charge in [0.2, 0.25) is 0 Å². The molecule has 0 aromatic heterocycles. The summed E-state index contributed by atoms with van der Waals surface area (Å²) in [5.41, 5.74) is 0. The van der Waals surface area contributed by atoms with Gasteiger partial charge >= 0.3 is 0 Å². The SMILES string of the molecule is CC(C)(C)[Si](C)([Si]=[Si][Si](C)(C(C)(C)C)C(C)(C)C)C(C)(C)C. The fourth-order valence-corrected chi connectivity index (χ4v) is 47.2. The number of hydrogen-bond donors (Lipinski definition) is 0. The topological polar surface area (TPSA) is 0 Å². The van der Waals surface area contributed by atoms with E-state index in [0.717, 1.165) is 0 Å². The van der Waals surface area contributed by atoms with Crippen LogP contribution in [0.25, 0.3) is 0 Å². The molecule has 0 spiro atoms. The summed E-state index contributed by atoms with van der Waals surface area (Å²) >= 11 is 0. The van der Waals surface area contributed by atoms with Crippen molar-refractivity contribution < 1.29 is 0 Å². The molecule has 0 atom stereocenters. The zero-order valence-electron chi connectivity index (χ0n) is 18.0. The predicted molar refractivity (Wildman–Crippen MR) is 114 cm³/mol. The fourth-order valence-electron chi connectivity index (χ4n) is 3.25. The molecule has 0 aliphatic heterocycles. The van der Waals surface area contributed by atoms with Crippen LogP contribution in [0.2, 0.25) is 33.2 Å². The Morgan fingerprint density at radius 1 is 0.409 bits per heavy atom. The molecule has 0 aliphatic carbocycles. The molecule has 130 valence electrons. The summed E-state index contributed by atoms with van der Waals surface area (Å²) < 4.78 is 0. The molecule has 0 bridgehead atoms. The van der Waals surface area contributed by atoms with Crippen molar-refractivity contribution in [2.75, 3.05) is 0 Å². The molecule has 0 aromatic carbocycles. The van der Waals surface area contributed by atoms with E-state index in [1.165, 1.54) is 16.3 Å². The van der Waals surface area contributed by atoms with Crippen molar-refractivity contribution in [2.24, 2.45) is 0 Å². The summed E-state index contributed by atoms with van der Waals surface area (Å²) in [6.07, 6.45) is 0. The first-order valence-corrected chi connectivity index (χ1v) is 18.8. The van der Waals surface area contributed by atoms with Gasteiger partial charge in [-0.1, -0.05) is 96.2 Å². The maximum Gasteiger partial charge on any atom is 0.0667 e. The van der Waals surface area contributed by atoms with Crippen molar-refractivity contribution in [3.8, 4) is 0 Å². The third kappa shape index (κ3) is 4.28. The molecule has 0 aliphatic rings. The fraction of sp³-hybridized carbons (Fsp3) is 1.00. The van der Waals surface area contributed by atoms with E-state index in [-0.39, 0.29) is 0 Å². The van der Waals surface area contributed by atoms with Gasteiger partial charge in [-0.3, -0.25) is 0 Å². The zero-order chi connectivity index (χ0) is 18.4. The molecule has 0 N–H and O–H groups in total. The summed E-state index contributed by atoms with van der Waals surface area (Å²) in [5, 5.41) is 1.95. The van der Waals surface area contributed by atoms with Gasteiger partial charge in [0.15, 0.2) is 0 Å². The van der Waals surface area contributed by atoms with Crippen LogP contribution in [0, 0.1) is 0 Å². The van der Waals surface area contributed by atoms with Crippen LogP contribution in [-0.4, -0.2) is 31.4 Å². The van der Waals surface area contributed by atoms with Gasteiger partial charge in [0.1, 0.15) is 0 Å². The molecule has 0 heterocycles. The normalized spacial score (nSPS) is 16.5. The summed E-state index contributed by atoms with van der Waals surface area (Å²) in [6, 6.07) is 0. The van der Waals surface area contributed by atoms with Gasteiger partial charge in [0.25, 0.3) is 0 Å². The number of rotatable bonds is 2. The van der Waals surface area contributed by atoms with E-state index in [1.807, 2.05) is 0 Å². The highest BCUT2D eigenvalue weighted by Gasteiger charge is 2.50. The molecule has 0 saturated carbocycles. The monoisotopic (exact) mass is 370 g/mol. The molecule has 4 heteroatoms. The van der Waals surface area contributed by atoms with E-state index >= 15 is 0 Å². The lowest BCUT2D eigenvalue weighted by molar-refractivity contribution is 0.635. The van der Waals surface area contributed by atoms with Crippen LogP contribution in [-0.2, 0) is 0 Å². The van der Waals surface area contributed by atoms with Crippen molar-refractivity contribution in [3.63, 3.8) is 0 Å². The minimum Gasteiger partial charge on any atom is -0.0682 e. The average Bonchev–Trinajstić information content (AvgIpc) is 2.18. The molecular weight excluding hydrogens is 329 g/mol. The van der Waals surface area contributed by atoms with Crippen molar-refractivity contribution in [1.29, 1.82) is 0 Å². The van der Waals surface area contributed by atoms with Gasteiger partial charge in [0.05, 0.1) is 15.2 Å². The Labute approximate surface area is 147 Å². The van der Waals surface area contributed by atoms with E-state index in [9.17, 15) is 0 Å². The molecule has 0 rings (SSSR count). The Hall–Kier alpha value is 0.868. The van der Waals surface area contributed by atoms with E-state index in [4.69, 9.17) is 0 Å². The highest BCUT2D eigenvalue weighted by atomic mass is 29.6. The second-order valence-electron chi connectivity index (χ2n) is 11.5. The van der Waals surface area contributed by atoms with Crippen molar-refractivity contribution in [3.05, 3.63) is 0 Å². The molecule has 2 radical (unpaired) electrons. The van der Waals surface area contributed by atoms with Gasteiger partial charge in [-0.25, -0.2) is 0 Å². The summed E-state index contributed by atoms with van der Waals surface area (Å²) in [5.74, 6) is 0. The number of hydrogen-bond acceptors (Lipinski definition) is 0. The van der Waals surface area contributed by atoms with E-state index in [1.54, 1.807) is 0 Å². The maximum absolute atomic E-state index is 2.69. The Morgan fingerprint density at radius 3 is 0.636 bits per heavy atom. The molecule has 22 heavy (non-hydrogen) atoms. The van der Waals surface area contributed by atoms with Gasteiger partial charge in [-0.05, 0) is 36.4 Å². The van der Waals surface area contributed by atoms with Crippen molar-refractivity contribution >= 4 is 31.4 Å². The first-order chi connectivity index (χ1) is 9.21. The van der Waals surface area contributed by atoms with Crippen molar-refractivity contribution in [1.82, 2.24) is 0 Å². The van der Waals surface area contributed by atoms with Crippen LogP contribution in [0.5, 0.6) is 0 Å². The quantitative estimate of drug-likeness (QED) is 0.477.